The van der Waals surface area contributed by atoms with Gasteiger partial charge in [-0.15, -0.1) is 0 Å². The molecule has 0 aliphatic rings. The molecule has 2 aromatic rings. The molecular formula is C11H11FN4O2S. The van der Waals surface area contributed by atoms with Crippen LogP contribution in [0, 0.1) is 5.82 Å². The Balaban J connectivity index is 2.16. The monoisotopic (exact) mass is 282 g/mol. The molecule has 1 aromatic heterocycles. The number of hydrogen-bond donors (Lipinski definition) is 2. The fourth-order valence-electron chi connectivity index (χ4n) is 1.35. The molecule has 0 bridgehead atoms. The first kappa shape index (κ1) is 13.4. The normalized spacial score (nSPS) is 11.4. The fourth-order valence-corrected chi connectivity index (χ4v) is 2.36. The number of halogens is 1. The van der Waals surface area contributed by atoms with Crippen molar-refractivity contribution in [3.05, 3.63) is 48.3 Å². The number of aromatic nitrogens is 2. The van der Waals surface area contributed by atoms with Gasteiger partial charge in [-0.3, -0.25) is 0 Å². The summed E-state index contributed by atoms with van der Waals surface area (Å²) in [6.45, 7) is -0.00313. The summed E-state index contributed by atoms with van der Waals surface area (Å²) >= 11 is 0. The molecule has 0 saturated carbocycles. The summed E-state index contributed by atoms with van der Waals surface area (Å²) in [6, 6.07) is 4.89. The zero-order valence-corrected chi connectivity index (χ0v) is 10.6. The van der Waals surface area contributed by atoms with Crippen molar-refractivity contribution in [1.82, 2.24) is 14.7 Å². The molecule has 3 N–H and O–H groups in total. The van der Waals surface area contributed by atoms with Crippen LogP contribution in [-0.2, 0) is 16.6 Å². The lowest BCUT2D eigenvalue weighted by Crippen LogP contribution is -2.23. The second-order valence-corrected chi connectivity index (χ2v) is 5.48. The van der Waals surface area contributed by atoms with E-state index in [0.717, 1.165) is 6.07 Å². The summed E-state index contributed by atoms with van der Waals surface area (Å²) < 4.78 is 39.4. The van der Waals surface area contributed by atoms with Gasteiger partial charge in [-0.1, -0.05) is 0 Å². The lowest BCUT2D eigenvalue weighted by molar-refractivity contribution is 0.577. The predicted octanol–water partition coefficient (Wildman–Crippen LogP) is 0.676. The molecule has 6 nitrogen and oxygen atoms in total. The van der Waals surface area contributed by atoms with Crippen LogP contribution < -0.4 is 10.5 Å². The van der Waals surface area contributed by atoms with Crippen LogP contribution in [0.15, 0.2) is 41.7 Å². The van der Waals surface area contributed by atoms with Crippen molar-refractivity contribution < 1.29 is 12.8 Å². The van der Waals surface area contributed by atoms with E-state index in [1.165, 1.54) is 24.7 Å². The SMILES string of the molecule is Nc1ccc(S(=O)(=O)NCc2ccncn2)cc1F. The first-order valence-electron chi connectivity index (χ1n) is 5.28. The van der Waals surface area contributed by atoms with Crippen molar-refractivity contribution in [1.29, 1.82) is 0 Å². The number of sulfonamides is 1. The highest BCUT2D eigenvalue weighted by Crippen LogP contribution is 2.16. The summed E-state index contributed by atoms with van der Waals surface area (Å²) in [5, 5.41) is 0. The molecule has 2 rings (SSSR count). The number of nitrogen functional groups attached to an aromatic ring is 1. The molecular weight excluding hydrogens is 271 g/mol. The van der Waals surface area contributed by atoms with Gasteiger partial charge in [-0.25, -0.2) is 27.5 Å². The van der Waals surface area contributed by atoms with E-state index in [1.807, 2.05) is 0 Å². The lowest BCUT2D eigenvalue weighted by Gasteiger charge is -2.07. The molecule has 0 spiro atoms. The Hall–Kier alpha value is -2.06. The van der Waals surface area contributed by atoms with E-state index in [-0.39, 0.29) is 17.1 Å². The van der Waals surface area contributed by atoms with Crippen LogP contribution in [0.4, 0.5) is 10.1 Å². The van der Waals surface area contributed by atoms with Crippen molar-refractivity contribution in [3.63, 3.8) is 0 Å². The van der Waals surface area contributed by atoms with E-state index in [1.54, 1.807) is 6.07 Å². The Bertz CT molecular complexity index is 676. The Kier molecular flexibility index (Phi) is 3.72. The Morgan fingerprint density at radius 2 is 2.11 bits per heavy atom. The molecule has 19 heavy (non-hydrogen) atoms. The van der Waals surface area contributed by atoms with Crippen LogP contribution in [0.3, 0.4) is 0 Å². The van der Waals surface area contributed by atoms with Gasteiger partial charge < -0.3 is 5.73 Å². The zero-order valence-electron chi connectivity index (χ0n) is 9.75. The van der Waals surface area contributed by atoms with Gasteiger partial charge in [0.05, 0.1) is 22.8 Å². The summed E-state index contributed by atoms with van der Waals surface area (Å²) in [5.74, 6) is -0.773. The number of rotatable bonds is 4. The third kappa shape index (κ3) is 3.24. The molecule has 0 amide bonds. The fraction of sp³-hybridized carbons (Fsp3) is 0.0909. The number of benzene rings is 1. The molecule has 0 fully saturated rings. The van der Waals surface area contributed by atoms with Crippen LogP contribution in [0.1, 0.15) is 5.69 Å². The highest BCUT2D eigenvalue weighted by atomic mass is 32.2. The third-order valence-electron chi connectivity index (χ3n) is 2.37. The first-order chi connectivity index (χ1) is 8.99. The summed E-state index contributed by atoms with van der Waals surface area (Å²) in [4.78, 5) is 7.41. The topological polar surface area (TPSA) is 98.0 Å². The maximum Gasteiger partial charge on any atom is 0.241 e. The van der Waals surface area contributed by atoms with Gasteiger partial charge in [0.15, 0.2) is 0 Å². The lowest BCUT2D eigenvalue weighted by atomic mass is 10.3. The van der Waals surface area contributed by atoms with E-state index < -0.39 is 15.8 Å². The van der Waals surface area contributed by atoms with Gasteiger partial charge in [0.1, 0.15) is 12.1 Å². The quantitative estimate of drug-likeness (QED) is 0.803. The molecule has 0 aliphatic carbocycles. The average Bonchev–Trinajstić information content (AvgIpc) is 2.41. The largest absolute Gasteiger partial charge is 0.396 e. The standard InChI is InChI=1S/C11H11FN4O2S/c12-10-5-9(1-2-11(10)13)19(17,18)16-6-8-3-4-14-7-15-8/h1-5,7,16H,6,13H2. The second-order valence-electron chi connectivity index (χ2n) is 3.71. The van der Waals surface area contributed by atoms with Gasteiger partial charge in [-0.2, -0.15) is 0 Å². The van der Waals surface area contributed by atoms with Crippen molar-refractivity contribution in [2.75, 3.05) is 5.73 Å². The Labute approximate surface area is 109 Å². The van der Waals surface area contributed by atoms with Crippen LogP contribution in [0.25, 0.3) is 0 Å². The van der Waals surface area contributed by atoms with Gasteiger partial charge in [0, 0.05) is 6.20 Å². The molecule has 1 aromatic carbocycles. The number of nitrogens with zero attached hydrogens (tertiary/aromatic N) is 2. The Morgan fingerprint density at radius 1 is 1.32 bits per heavy atom. The molecule has 0 atom stereocenters. The van der Waals surface area contributed by atoms with Crippen LogP contribution >= 0.6 is 0 Å². The van der Waals surface area contributed by atoms with Gasteiger partial charge in [0.2, 0.25) is 10.0 Å². The van der Waals surface area contributed by atoms with Crippen LogP contribution in [0.2, 0.25) is 0 Å². The minimum Gasteiger partial charge on any atom is -0.396 e. The average molecular weight is 282 g/mol. The van der Waals surface area contributed by atoms with E-state index in [4.69, 9.17) is 5.73 Å². The molecule has 0 radical (unpaired) electrons. The summed E-state index contributed by atoms with van der Waals surface area (Å²) in [5.41, 5.74) is 5.70. The van der Waals surface area contributed by atoms with E-state index in [2.05, 4.69) is 14.7 Å². The van der Waals surface area contributed by atoms with E-state index >= 15 is 0 Å². The summed E-state index contributed by atoms with van der Waals surface area (Å²) in [7, 11) is -3.80. The van der Waals surface area contributed by atoms with Gasteiger partial charge in [0.25, 0.3) is 0 Å². The summed E-state index contributed by atoms with van der Waals surface area (Å²) in [6.07, 6.45) is 2.81. The predicted molar refractivity (Wildman–Crippen MR) is 66.9 cm³/mol. The number of nitrogens with two attached hydrogens (primary N) is 1. The minimum absolute atomic E-state index is 0.00313. The molecule has 100 valence electrons. The third-order valence-corrected chi connectivity index (χ3v) is 3.77. The molecule has 0 aliphatic heterocycles. The molecule has 0 unspecified atom stereocenters. The van der Waals surface area contributed by atoms with Crippen molar-refractivity contribution >= 4 is 15.7 Å². The second kappa shape index (κ2) is 5.29. The zero-order chi connectivity index (χ0) is 13.9. The highest BCUT2D eigenvalue weighted by molar-refractivity contribution is 7.89. The number of anilines is 1. The van der Waals surface area contributed by atoms with Crippen molar-refractivity contribution in [3.8, 4) is 0 Å². The van der Waals surface area contributed by atoms with E-state index in [9.17, 15) is 12.8 Å². The van der Waals surface area contributed by atoms with Crippen LogP contribution in [0.5, 0.6) is 0 Å². The number of nitrogens with one attached hydrogen (secondary N) is 1. The van der Waals surface area contributed by atoms with Gasteiger partial charge in [-0.05, 0) is 24.3 Å². The van der Waals surface area contributed by atoms with Crippen molar-refractivity contribution in [2.24, 2.45) is 0 Å². The molecule has 8 heteroatoms. The molecule has 0 saturated heterocycles. The highest BCUT2D eigenvalue weighted by Gasteiger charge is 2.15. The van der Waals surface area contributed by atoms with Crippen molar-refractivity contribution in [2.45, 2.75) is 11.4 Å². The first-order valence-corrected chi connectivity index (χ1v) is 6.77. The maximum absolute atomic E-state index is 13.2. The van der Waals surface area contributed by atoms with Gasteiger partial charge >= 0.3 is 0 Å². The smallest absolute Gasteiger partial charge is 0.241 e. The van der Waals surface area contributed by atoms with Crippen LogP contribution in [-0.4, -0.2) is 18.4 Å². The minimum atomic E-state index is -3.80. The maximum atomic E-state index is 13.2. The molecule has 1 heterocycles. The van der Waals surface area contributed by atoms with E-state index in [0.29, 0.717) is 5.69 Å². The Morgan fingerprint density at radius 3 is 2.74 bits per heavy atom. The number of hydrogen-bond acceptors (Lipinski definition) is 5.